The van der Waals surface area contributed by atoms with Crippen LogP contribution < -0.4 is 0 Å². The van der Waals surface area contributed by atoms with E-state index in [9.17, 15) is 5.11 Å². The van der Waals surface area contributed by atoms with Crippen molar-refractivity contribution in [1.82, 2.24) is 0 Å². The first-order chi connectivity index (χ1) is 4.46. The lowest BCUT2D eigenvalue weighted by molar-refractivity contribution is 0.0500. The number of alkyl halides is 2. The standard InChI is InChI=1S/C7H13Br2O/c1-4(2)7(10)6(9)5(3)8/h4-7H,1-3H3. The van der Waals surface area contributed by atoms with Gasteiger partial charge in [-0.1, -0.05) is 52.6 Å². The first-order valence-electron chi connectivity index (χ1n) is 3.40. The lowest BCUT2D eigenvalue weighted by atomic mass is 10.0. The van der Waals surface area contributed by atoms with Crippen LogP contribution in [-0.4, -0.2) is 15.8 Å². The maximum atomic E-state index is 11.3. The normalized spacial score (nSPS) is 20.7. The molecular weight excluding hydrogens is 260 g/mol. The Kier molecular flexibility index (Phi) is 5.16. The van der Waals surface area contributed by atoms with Crippen LogP contribution in [-0.2, 0) is 5.11 Å². The molecule has 1 radical (unpaired) electrons. The van der Waals surface area contributed by atoms with Crippen molar-refractivity contribution in [3.05, 3.63) is 0 Å². The Morgan fingerprint density at radius 3 is 1.60 bits per heavy atom. The molecule has 0 saturated heterocycles. The zero-order valence-corrected chi connectivity index (χ0v) is 9.65. The third kappa shape index (κ3) is 3.35. The van der Waals surface area contributed by atoms with E-state index in [4.69, 9.17) is 0 Å². The monoisotopic (exact) mass is 271 g/mol. The number of halogens is 2. The van der Waals surface area contributed by atoms with E-state index in [2.05, 4.69) is 31.9 Å². The molecule has 0 aliphatic heterocycles. The van der Waals surface area contributed by atoms with Gasteiger partial charge in [0.1, 0.15) is 6.10 Å². The highest BCUT2D eigenvalue weighted by Crippen LogP contribution is 2.22. The predicted molar refractivity (Wildman–Crippen MR) is 50.4 cm³/mol. The third-order valence-electron chi connectivity index (χ3n) is 1.41. The van der Waals surface area contributed by atoms with Crippen LogP contribution in [0.5, 0.6) is 0 Å². The zero-order chi connectivity index (χ0) is 8.31. The molecule has 0 aromatic carbocycles. The molecule has 0 saturated carbocycles. The van der Waals surface area contributed by atoms with E-state index < -0.39 is 6.10 Å². The molecule has 0 N–H and O–H groups in total. The average molecular weight is 273 g/mol. The molecule has 0 rings (SSSR count). The summed E-state index contributed by atoms with van der Waals surface area (Å²) in [7, 11) is 0. The Morgan fingerprint density at radius 2 is 1.50 bits per heavy atom. The van der Waals surface area contributed by atoms with E-state index in [1.54, 1.807) is 0 Å². The topological polar surface area (TPSA) is 19.9 Å². The smallest absolute Gasteiger partial charge is 0.109 e. The van der Waals surface area contributed by atoms with Gasteiger partial charge in [-0.15, -0.1) is 0 Å². The minimum absolute atomic E-state index is 0.0347. The molecule has 0 aromatic rings. The molecule has 0 aliphatic rings. The van der Waals surface area contributed by atoms with E-state index in [0.29, 0.717) is 0 Å². The number of hydrogen-bond donors (Lipinski definition) is 0. The van der Waals surface area contributed by atoms with Crippen molar-refractivity contribution in [2.75, 3.05) is 0 Å². The summed E-state index contributed by atoms with van der Waals surface area (Å²) in [6.07, 6.45) is -0.519. The lowest BCUT2D eigenvalue weighted by Gasteiger charge is -2.20. The highest BCUT2D eigenvalue weighted by molar-refractivity contribution is 9.12. The molecule has 0 spiro atoms. The summed E-state index contributed by atoms with van der Waals surface area (Å²) in [5.74, 6) is 0.198. The molecule has 10 heavy (non-hydrogen) atoms. The van der Waals surface area contributed by atoms with Crippen molar-refractivity contribution in [3.8, 4) is 0 Å². The number of rotatable bonds is 3. The minimum atomic E-state index is -0.519. The van der Waals surface area contributed by atoms with Gasteiger partial charge in [0, 0.05) is 4.83 Å². The second-order valence-electron chi connectivity index (χ2n) is 2.83. The maximum absolute atomic E-state index is 11.3. The molecule has 3 atom stereocenters. The van der Waals surface area contributed by atoms with Crippen molar-refractivity contribution < 1.29 is 5.11 Å². The zero-order valence-electron chi connectivity index (χ0n) is 6.47. The van der Waals surface area contributed by atoms with E-state index in [1.165, 1.54) is 0 Å². The Balaban J connectivity index is 3.81. The predicted octanol–water partition coefficient (Wildman–Crippen LogP) is 2.99. The van der Waals surface area contributed by atoms with Crippen LogP contribution in [0.2, 0.25) is 0 Å². The average Bonchev–Trinajstić information content (AvgIpc) is 1.84. The van der Waals surface area contributed by atoms with Gasteiger partial charge >= 0.3 is 0 Å². The van der Waals surface area contributed by atoms with Crippen molar-refractivity contribution in [1.29, 1.82) is 0 Å². The van der Waals surface area contributed by atoms with E-state index in [-0.39, 0.29) is 15.6 Å². The fourth-order valence-corrected chi connectivity index (χ4v) is 1.54. The SMILES string of the molecule is CC(C)C([O])C(Br)C(C)Br. The highest BCUT2D eigenvalue weighted by atomic mass is 79.9. The van der Waals surface area contributed by atoms with Crippen molar-refractivity contribution >= 4 is 31.9 Å². The molecule has 0 bridgehead atoms. The quantitative estimate of drug-likeness (QED) is 0.704. The van der Waals surface area contributed by atoms with Gasteiger partial charge in [0.15, 0.2) is 0 Å². The first-order valence-corrected chi connectivity index (χ1v) is 5.24. The summed E-state index contributed by atoms with van der Waals surface area (Å²) in [6.45, 7) is 5.87. The van der Waals surface area contributed by atoms with Gasteiger partial charge in [-0.05, 0) is 5.92 Å². The molecule has 0 amide bonds. The van der Waals surface area contributed by atoms with Gasteiger partial charge in [-0.2, -0.15) is 0 Å². The van der Waals surface area contributed by atoms with Gasteiger partial charge in [0.05, 0.1) is 4.83 Å². The third-order valence-corrected chi connectivity index (χ3v) is 4.00. The Bertz CT molecular complexity index is 81.6. The minimum Gasteiger partial charge on any atom is -0.232 e. The molecule has 3 heteroatoms. The first kappa shape index (κ1) is 10.9. The molecule has 61 valence electrons. The summed E-state index contributed by atoms with van der Waals surface area (Å²) in [5.41, 5.74) is 0. The summed E-state index contributed by atoms with van der Waals surface area (Å²) in [5, 5.41) is 11.3. The van der Waals surface area contributed by atoms with Crippen LogP contribution in [0.4, 0.5) is 0 Å². The van der Waals surface area contributed by atoms with Gasteiger partial charge < -0.3 is 0 Å². The van der Waals surface area contributed by atoms with Crippen molar-refractivity contribution in [2.45, 2.75) is 36.5 Å². The molecule has 3 unspecified atom stereocenters. The van der Waals surface area contributed by atoms with Crippen LogP contribution in [0, 0.1) is 5.92 Å². The second kappa shape index (κ2) is 4.73. The summed E-state index contributed by atoms with van der Waals surface area (Å²) in [4.78, 5) is 0.282. The summed E-state index contributed by atoms with van der Waals surface area (Å²) in [6, 6.07) is 0. The van der Waals surface area contributed by atoms with E-state index in [0.717, 1.165) is 0 Å². The maximum Gasteiger partial charge on any atom is 0.109 e. The Labute approximate surface area is 79.5 Å². The molecular formula is C7H13Br2O. The van der Waals surface area contributed by atoms with Crippen LogP contribution in [0.1, 0.15) is 20.8 Å². The Morgan fingerprint density at radius 1 is 1.10 bits per heavy atom. The summed E-state index contributed by atoms with van der Waals surface area (Å²) >= 11 is 6.71. The summed E-state index contributed by atoms with van der Waals surface area (Å²) < 4.78 is 0. The number of hydrogen-bond acceptors (Lipinski definition) is 0. The molecule has 1 nitrogen and oxygen atoms in total. The van der Waals surface area contributed by atoms with Crippen LogP contribution >= 0.6 is 31.9 Å². The highest BCUT2D eigenvalue weighted by Gasteiger charge is 2.24. The molecule has 0 fully saturated rings. The second-order valence-corrected chi connectivity index (χ2v) is 5.33. The van der Waals surface area contributed by atoms with Gasteiger partial charge in [-0.3, -0.25) is 0 Å². The van der Waals surface area contributed by atoms with Gasteiger partial charge in [-0.25, -0.2) is 5.11 Å². The fourth-order valence-electron chi connectivity index (χ4n) is 0.629. The lowest BCUT2D eigenvalue weighted by Crippen LogP contribution is -2.30. The largest absolute Gasteiger partial charge is 0.232 e. The molecule has 0 aromatic heterocycles. The van der Waals surface area contributed by atoms with Crippen molar-refractivity contribution in [2.24, 2.45) is 5.92 Å². The van der Waals surface area contributed by atoms with Crippen molar-refractivity contribution in [3.63, 3.8) is 0 Å². The van der Waals surface area contributed by atoms with Crippen LogP contribution in [0.3, 0.4) is 0 Å². The fraction of sp³-hybridized carbons (Fsp3) is 1.00. The van der Waals surface area contributed by atoms with E-state index >= 15 is 0 Å². The Hall–Kier alpha value is 0.920. The van der Waals surface area contributed by atoms with Gasteiger partial charge in [0.2, 0.25) is 0 Å². The van der Waals surface area contributed by atoms with E-state index in [1.807, 2.05) is 20.8 Å². The van der Waals surface area contributed by atoms with Gasteiger partial charge in [0.25, 0.3) is 0 Å². The van der Waals surface area contributed by atoms with Crippen LogP contribution in [0.25, 0.3) is 0 Å². The van der Waals surface area contributed by atoms with Crippen LogP contribution in [0.15, 0.2) is 0 Å². The molecule has 0 aliphatic carbocycles. The molecule has 0 heterocycles.